The maximum Gasteiger partial charge on any atom is 0.341 e. The molecule has 0 atom stereocenters. The molecule has 1 saturated heterocycles. The number of carbonyl (C=O) groups excluding carboxylic acids is 4. The number of imide groups is 1. The van der Waals surface area contributed by atoms with Gasteiger partial charge in [0.2, 0.25) is 0 Å². The van der Waals surface area contributed by atoms with Crippen molar-refractivity contribution >= 4 is 62.9 Å². The smallest absolute Gasteiger partial charge is 0.341 e. The summed E-state index contributed by atoms with van der Waals surface area (Å²) in [5.41, 5.74) is 2.72. The van der Waals surface area contributed by atoms with E-state index in [1.165, 1.54) is 35.6 Å². The summed E-state index contributed by atoms with van der Waals surface area (Å²) in [5, 5.41) is 13.9. The van der Waals surface area contributed by atoms with Crippen LogP contribution in [0.4, 0.5) is 15.5 Å². The second kappa shape index (κ2) is 12.1. The number of fused-ring (bicyclic) bond motifs is 1. The summed E-state index contributed by atoms with van der Waals surface area (Å²) in [6.07, 6.45) is 5.12. The first kappa shape index (κ1) is 28.2. The number of nitro benzene ring substituents is 1. The van der Waals surface area contributed by atoms with Crippen LogP contribution in [0.2, 0.25) is 0 Å². The molecule has 0 unspecified atom stereocenters. The molecule has 3 aromatic rings. The quantitative estimate of drug-likeness (QED) is 0.142. The van der Waals surface area contributed by atoms with E-state index in [0.29, 0.717) is 27.3 Å². The highest BCUT2D eigenvalue weighted by atomic mass is 32.2. The Morgan fingerprint density at radius 1 is 1.12 bits per heavy atom. The van der Waals surface area contributed by atoms with Crippen LogP contribution in [0.1, 0.15) is 62.0 Å². The Hall–Kier alpha value is -4.29. The first-order valence-corrected chi connectivity index (χ1v) is 14.6. The first-order valence-electron chi connectivity index (χ1n) is 13.0. The van der Waals surface area contributed by atoms with Crippen LogP contribution in [0.25, 0.3) is 6.08 Å². The van der Waals surface area contributed by atoms with E-state index in [-0.39, 0.29) is 29.7 Å². The molecule has 1 aliphatic carbocycles. The number of rotatable bonds is 8. The van der Waals surface area contributed by atoms with Gasteiger partial charge in [0.25, 0.3) is 22.7 Å². The van der Waals surface area contributed by atoms with Gasteiger partial charge in [0.05, 0.1) is 28.5 Å². The average molecular weight is 592 g/mol. The Labute approximate surface area is 243 Å². The van der Waals surface area contributed by atoms with E-state index < -0.39 is 22.0 Å². The van der Waals surface area contributed by atoms with Crippen LogP contribution in [0.15, 0.2) is 53.4 Å². The van der Waals surface area contributed by atoms with Gasteiger partial charge in [-0.15, -0.1) is 11.3 Å². The molecular formula is C29H25N3O7S2. The number of nitrogens with one attached hydrogen (secondary N) is 1. The number of non-ortho nitro benzene ring substituents is 1. The summed E-state index contributed by atoms with van der Waals surface area (Å²) < 4.78 is 5.26. The number of carbonyl (C=O) groups is 4. The molecule has 0 saturated carbocycles. The normalized spacial score (nSPS) is 15.6. The number of ether oxygens (including phenoxy) is 1. The molecule has 2 aliphatic rings. The molecule has 12 heteroatoms. The van der Waals surface area contributed by atoms with Crippen LogP contribution in [0, 0.1) is 10.1 Å². The zero-order valence-corrected chi connectivity index (χ0v) is 23.6. The predicted molar refractivity (Wildman–Crippen MR) is 156 cm³/mol. The second-order valence-electron chi connectivity index (χ2n) is 9.41. The number of hydrogen-bond acceptors (Lipinski definition) is 9. The topological polar surface area (TPSA) is 136 Å². The number of anilines is 1. The highest BCUT2D eigenvalue weighted by Crippen LogP contribution is 2.39. The molecule has 1 fully saturated rings. The lowest BCUT2D eigenvalue weighted by Gasteiger charge is -2.13. The number of hydrogen-bond donors (Lipinski definition) is 1. The number of amides is 3. The molecule has 2 heterocycles. The van der Waals surface area contributed by atoms with Crippen LogP contribution in [-0.2, 0) is 28.9 Å². The third-order valence-corrected chi connectivity index (χ3v) is 8.80. The molecule has 210 valence electrons. The summed E-state index contributed by atoms with van der Waals surface area (Å²) in [6, 6.07) is 12.3. The Bertz CT molecular complexity index is 1590. The molecule has 1 aromatic heterocycles. The van der Waals surface area contributed by atoms with E-state index in [2.05, 4.69) is 5.32 Å². The lowest BCUT2D eigenvalue weighted by atomic mass is 9.95. The Balaban J connectivity index is 1.28. The maximum absolute atomic E-state index is 13.1. The van der Waals surface area contributed by atoms with E-state index in [1.54, 1.807) is 37.3 Å². The monoisotopic (exact) mass is 591 g/mol. The van der Waals surface area contributed by atoms with E-state index in [9.17, 15) is 29.3 Å². The van der Waals surface area contributed by atoms with Crippen molar-refractivity contribution < 1.29 is 28.8 Å². The summed E-state index contributed by atoms with van der Waals surface area (Å²) in [4.78, 5) is 64.1. The zero-order valence-electron chi connectivity index (χ0n) is 22.0. The van der Waals surface area contributed by atoms with Gasteiger partial charge >= 0.3 is 5.97 Å². The highest BCUT2D eigenvalue weighted by molar-refractivity contribution is 8.18. The van der Waals surface area contributed by atoms with Gasteiger partial charge < -0.3 is 10.1 Å². The molecule has 0 radical (unpaired) electrons. The van der Waals surface area contributed by atoms with Crippen molar-refractivity contribution in [2.24, 2.45) is 0 Å². The molecule has 5 rings (SSSR count). The number of thiophene rings is 1. The van der Waals surface area contributed by atoms with Gasteiger partial charge in [-0.2, -0.15) is 0 Å². The van der Waals surface area contributed by atoms with Crippen molar-refractivity contribution in [3.63, 3.8) is 0 Å². The number of thioether (sulfide) groups is 1. The van der Waals surface area contributed by atoms with E-state index >= 15 is 0 Å². The molecule has 0 bridgehead atoms. The number of esters is 1. The highest BCUT2D eigenvalue weighted by Gasteiger charge is 2.35. The Kier molecular flexibility index (Phi) is 8.31. The van der Waals surface area contributed by atoms with Crippen LogP contribution < -0.4 is 5.32 Å². The average Bonchev–Trinajstić information content (AvgIpc) is 3.45. The molecule has 0 spiro atoms. The van der Waals surface area contributed by atoms with Crippen molar-refractivity contribution in [2.45, 2.75) is 39.2 Å². The number of nitro groups is 1. The molecule has 1 aliphatic heterocycles. The van der Waals surface area contributed by atoms with Gasteiger partial charge in [-0.05, 0) is 79.3 Å². The molecular weight excluding hydrogens is 566 g/mol. The fourth-order valence-electron chi connectivity index (χ4n) is 4.71. The van der Waals surface area contributed by atoms with Crippen LogP contribution in [0.3, 0.4) is 0 Å². The van der Waals surface area contributed by atoms with E-state index in [4.69, 9.17) is 4.74 Å². The SMILES string of the molecule is CCOC(=O)c1c(NC(=O)c2ccc(CN3C(=O)S/C(=C\c4cccc([N+](=O)[O-])c4)C3=O)cc2)sc2c1CCCC2. The minimum absolute atomic E-state index is 0.00347. The van der Waals surface area contributed by atoms with Crippen molar-refractivity contribution in [1.82, 2.24) is 4.90 Å². The van der Waals surface area contributed by atoms with Gasteiger partial charge in [-0.1, -0.05) is 24.3 Å². The number of benzene rings is 2. The van der Waals surface area contributed by atoms with Crippen molar-refractivity contribution in [3.8, 4) is 0 Å². The van der Waals surface area contributed by atoms with Crippen LogP contribution in [0.5, 0.6) is 0 Å². The van der Waals surface area contributed by atoms with Crippen molar-refractivity contribution in [1.29, 1.82) is 0 Å². The van der Waals surface area contributed by atoms with E-state index in [1.807, 2.05) is 0 Å². The van der Waals surface area contributed by atoms with Gasteiger partial charge in [-0.3, -0.25) is 29.4 Å². The lowest BCUT2D eigenvalue weighted by Crippen LogP contribution is -2.27. The van der Waals surface area contributed by atoms with Gasteiger partial charge in [0.1, 0.15) is 5.00 Å². The molecule has 2 aromatic carbocycles. The standard InChI is InChI=1S/C29H25N3O7S2/c1-2-39-28(35)24-21-8-3-4-9-22(21)40-26(24)30-25(33)19-12-10-17(11-13-19)16-31-27(34)23(41-29(31)36)15-18-6-5-7-20(14-18)32(37)38/h5-7,10-15H,2-4,8-9,16H2,1H3,(H,30,33)/b23-15-. The zero-order chi connectivity index (χ0) is 29.1. The largest absolute Gasteiger partial charge is 0.462 e. The maximum atomic E-state index is 13.1. The summed E-state index contributed by atoms with van der Waals surface area (Å²) in [6.45, 7) is 1.99. The minimum atomic E-state index is -0.528. The van der Waals surface area contributed by atoms with Crippen LogP contribution in [-0.4, -0.2) is 39.5 Å². The summed E-state index contributed by atoms with van der Waals surface area (Å²) >= 11 is 2.18. The summed E-state index contributed by atoms with van der Waals surface area (Å²) in [7, 11) is 0. The molecule has 1 N–H and O–H groups in total. The molecule has 41 heavy (non-hydrogen) atoms. The second-order valence-corrected chi connectivity index (χ2v) is 11.5. The van der Waals surface area contributed by atoms with Crippen LogP contribution >= 0.6 is 23.1 Å². The Morgan fingerprint density at radius 2 is 1.88 bits per heavy atom. The van der Waals surface area contributed by atoms with E-state index in [0.717, 1.165) is 52.8 Å². The molecule has 3 amide bonds. The van der Waals surface area contributed by atoms with Crippen molar-refractivity contribution in [2.75, 3.05) is 11.9 Å². The number of aryl methyl sites for hydroxylation is 1. The lowest BCUT2D eigenvalue weighted by molar-refractivity contribution is -0.384. The fraction of sp³-hybridized carbons (Fsp3) is 0.241. The molecule has 10 nitrogen and oxygen atoms in total. The fourth-order valence-corrected chi connectivity index (χ4v) is 6.82. The van der Waals surface area contributed by atoms with Gasteiger partial charge in [-0.25, -0.2) is 4.79 Å². The third-order valence-electron chi connectivity index (χ3n) is 6.69. The Morgan fingerprint density at radius 3 is 2.61 bits per heavy atom. The van der Waals surface area contributed by atoms with Crippen molar-refractivity contribution in [3.05, 3.63) is 96.2 Å². The minimum Gasteiger partial charge on any atom is -0.462 e. The first-order chi connectivity index (χ1) is 19.7. The predicted octanol–water partition coefficient (Wildman–Crippen LogP) is 6.20. The third kappa shape index (κ3) is 6.08. The summed E-state index contributed by atoms with van der Waals surface area (Å²) in [5.74, 6) is -1.32. The van der Waals surface area contributed by atoms with Gasteiger partial charge in [0, 0.05) is 22.6 Å². The number of nitrogens with zero attached hydrogens (tertiary/aromatic N) is 2. The van der Waals surface area contributed by atoms with Gasteiger partial charge in [0.15, 0.2) is 0 Å².